The number of nitrogens with zero attached hydrogens (tertiary/aromatic N) is 1. The predicted molar refractivity (Wildman–Crippen MR) is 59.0 cm³/mol. The number of hydrogen-bond donors (Lipinski definition) is 0. The van der Waals surface area contributed by atoms with Crippen molar-refractivity contribution >= 4 is 15.9 Å². The molecule has 0 N–H and O–H groups in total. The van der Waals surface area contributed by atoms with Crippen LogP contribution in [0.1, 0.15) is 12.6 Å². The van der Waals surface area contributed by atoms with E-state index in [0.29, 0.717) is 0 Å². The number of halogens is 1. The van der Waals surface area contributed by atoms with Crippen LogP contribution < -0.4 is 0 Å². The van der Waals surface area contributed by atoms with E-state index in [9.17, 15) is 0 Å². The third kappa shape index (κ3) is 1.87. The molecule has 14 heavy (non-hydrogen) atoms. The van der Waals surface area contributed by atoms with Crippen molar-refractivity contribution in [3.63, 3.8) is 0 Å². The molecule has 0 atom stereocenters. The zero-order valence-corrected chi connectivity index (χ0v) is 9.41. The van der Waals surface area contributed by atoms with Gasteiger partial charge in [0.25, 0.3) is 0 Å². The molecule has 0 radical (unpaired) electrons. The molecule has 1 heterocycles. The smallest absolute Gasteiger partial charge is 0.167 e. The van der Waals surface area contributed by atoms with Gasteiger partial charge in [-0.1, -0.05) is 40.1 Å². The number of aryl methyl sites for hydroxylation is 1. The minimum Gasteiger partial charge on any atom is -0.356 e. The Kier molecular flexibility index (Phi) is 2.68. The van der Waals surface area contributed by atoms with Gasteiger partial charge < -0.3 is 4.52 Å². The summed E-state index contributed by atoms with van der Waals surface area (Å²) in [6.07, 6.45) is 0.903. The van der Waals surface area contributed by atoms with Crippen LogP contribution in [0.5, 0.6) is 0 Å². The number of hydrogen-bond acceptors (Lipinski definition) is 2. The molecule has 0 spiro atoms. The van der Waals surface area contributed by atoms with Gasteiger partial charge in [-0.15, -0.1) is 0 Å². The number of benzene rings is 1. The molecule has 72 valence electrons. The second-order valence-electron chi connectivity index (χ2n) is 3.04. The Morgan fingerprint density at radius 2 is 2.00 bits per heavy atom. The van der Waals surface area contributed by atoms with Crippen LogP contribution in [0.15, 0.2) is 39.3 Å². The van der Waals surface area contributed by atoms with Crippen LogP contribution in [-0.4, -0.2) is 5.16 Å². The van der Waals surface area contributed by atoms with Crippen molar-refractivity contribution in [1.82, 2.24) is 5.16 Å². The average molecular weight is 252 g/mol. The molecule has 0 fully saturated rings. The highest BCUT2D eigenvalue weighted by molar-refractivity contribution is 9.10. The third-order valence-corrected chi connectivity index (χ3v) is 2.58. The molecule has 0 aliphatic carbocycles. The van der Waals surface area contributed by atoms with Crippen LogP contribution in [0.4, 0.5) is 0 Å². The molecule has 0 aliphatic heterocycles. The molecule has 0 amide bonds. The second kappa shape index (κ2) is 3.96. The van der Waals surface area contributed by atoms with Gasteiger partial charge in [0.2, 0.25) is 0 Å². The lowest BCUT2D eigenvalue weighted by Crippen LogP contribution is -1.74. The van der Waals surface area contributed by atoms with Crippen molar-refractivity contribution in [2.75, 3.05) is 0 Å². The Morgan fingerprint density at radius 1 is 1.29 bits per heavy atom. The van der Waals surface area contributed by atoms with Gasteiger partial charge in [-0.3, -0.25) is 0 Å². The highest BCUT2D eigenvalue weighted by Gasteiger charge is 2.04. The summed E-state index contributed by atoms with van der Waals surface area (Å²) in [6.45, 7) is 2.06. The minimum absolute atomic E-state index is 0.828. The summed E-state index contributed by atoms with van der Waals surface area (Å²) in [7, 11) is 0. The molecule has 1 aromatic carbocycles. The van der Waals surface area contributed by atoms with Gasteiger partial charge in [-0.25, -0.2) is 0 Å². The average Bonchev–Trinajstić information content (AvgIpc) is 2.67. The van der Waals surface area contributed by atoms with Crippen molar-refractivity contribution in [3.8, 4) is 11.3 Å². The zero-order chi connectivity index (χ0) is 9.97. The quantitative estimate of drug-likeness (QED) is 0.815. The fourth-order valence-electron chi connectivity index (χ4n) is 1.23. The summed E-state index contributed by atoms with van der Waals surface area (Å²) in [5, 5.41) is 3.95. The first-order chi connectivity index (χ1) is 6.79. The molecular formula is C11H10BrNO. The maximum absolute atomic E-state index is 5.22. The van der Waals surface area contributed by atoms with Crippen molar-refractivity contribution in [2.45, 2.75) is 13.3 Å². The molecule has 0 saturated carbocycles. The summed E-state index contributed by atoms with van der Waals surface area (Å²) >= 11 is 3.39. The van der Waals surface area contributed by atoms with E-state index in [0.717, 1.165) is 27.9 Å². The van der Waals surface area contributed by atoms with Crippen LogP contribution in [0.3, 0.4) is 0 Å². The third-order valence-electron chi connectivity index (χ3n) is 2.05. The Bertz CT molecular complexity index is 419. The summed E-state index contributed by atoms with van der Waals surface area (Å²) in [4.78, 5) is 0. The lowest BCUT2D eigenvalue weighted by atomic mass is 10.1. The highest BCUT2D eigenvalue weighted by atomic mass is 79.9. The van der Waals surface area contributed by atoms with E-state index in [4.69, 9.17) is 4.52 Å². The van der Waals surface area contributed by atoms with Crippen LogP contribution >= 0.6 is 15.9 Å². The van der Waals surface area contributed by atoms with E-state index >= 15 is 0 Å². The molecule has 1 aromatic heterocycles. The molecular weight excluding hydrogens is 242 g/mol. The Balaban J connectivity index is 2.34. The second-order valence-corrected chi connectivity index (χ2v) is 3.96. The lowest BCUT2D eigenvalue weighted by Gasteiger charge is -1.94. The van der Waals surface area contributed by atoms with E-state index in [1.807, 2.05) is 30.3 Å². The fraction of sp³-hybridized carbons (Fsp3) is 0.182. The van der Waals surface area contributed by atoms with Crippen molar-refractivity contribution in [2.24, 2.45) is 0 Å². The topological polar surface area (TPSA) is 26.0 Å². The SMILES string of the molecule is CCc1cc(-c2ccc(Br)cc2)on1. The van der Waals surface area contributed by atoms with E-state index in [1.165, 1.54) is 0 Å². The highest BCUT2D eigenvalue weighted by Crippen LogP contribution is 2.22. The van der Waals surface area contributed by atoms with Crippen LogP contribution in [0, 0.1) is 0 Å². The molecule has 0 aliphatic rings. The zero-order valence-electron chi connectivity index (χ0n) is 7.83. The van der Waals surface area contributed by atoms with Gasteiger partial charge in [-0.05, 0) is 18.6 Å². The fourth-order valence-corrected chi connectivity index (χ4v) is 1.49. The minimum atomic E-state index is 0.828. The molecule has 2 aromatic rings. The largest absolute Gasteiger partial charge is 0.356 e. The van der Waals surface area contributed by atoms with Gasteiger partial charge >= 0.3 is 0 Å². The monoisotopic (exact) mass is 251 g/mol. The summed E-state index contributed by atoms with van der Waals surface area (Å²) in [5.41, 5.74) is 2.04. The van der Waals surface area contributed by atoms with Crippen molar-refractivity contribution in [1.29, 1.82) is 0 Å². The molecule has 2 nitrogen and oxygen atoms in total. The van der Waals surface area contributed by atoms with Gasteiger partial charge in [0.1, 0.15) is 0 Å². The first kappa shape index (κ1) is 9.46. The normalized spacial score (nSPS) is 10.4. The van der Waals surface area contributed by atoms with Gasteiger partial charge in [0.15, 0.2) is 5.76 Å². The Labute approximate surface area is 91.1 Å². The molecule has 3 heteroatoms. The first-order valence-electron chi connectivity index (χ1n) is 4.51. The number of rotatable bonds is 2. The number of aromatic nitrogens is 1. The van der Waals surface area contributed by atoms with Crippen molar-refractivity contribution < 1.29 is 4.52 Å². The molecule has 0 bridgehead atoms. The summed E-state index contributed by atoms with van der Waals surface area (Å²) < 4.78 is 6.28. The Morgan fingerprint density at radius 3 is 2.57 bits per heavy atom. The molecule has 0 unspecified atom stereocenters. The van der Waals surface area contributed by atoms with Gasteiger partial charge in [0, 0.05) is 16.1 Å². The van der Waals surface area contributed by atoms with Gasteiger partial charge in [0.05, 0.1) is 5.69 Å². The van der Waals surface area contributed by atoms with E-state index < -0.39 is 0 Å². The van der Waals surface area contributed by atoms with Crippen LogP contribution in [-0.2, 0) is 6.42 Å². The molecule has 2 rings (SSSR count). The predicted octanol–water partition coefficient (Wildman–Crippen LogP) is 3.67. The maximum Gasteiger partial charge on any atom is 0.167 e. The first-order valence-corrected chi connectivity index (χ1v) is 5.30. The molecule has 0 saturated heterocycles. The Hall–Kier alpha value is -1.09. The van der Waals surface area contributed by atoms with E-state index in [-0.39, 0.29) is 0 Å². The van der Waals surface area contributed by atoms with Gasteiger partial charge in [-0.2, -0.15) is 0 Å². The van der Waals surface area contributed by atoms with Crippen LogP contribution in [0.25, 0.3) is 11.3 Å². The van der Waals surface area contributed by atoms with Crippen LogP contribution in [0.2, 0.25) is 0 Å². The van der Waals surface area contributed by atoms with E-state index in [2.05, 4.69) is 28.0 Å². The summed E-state index contributed by atoms with van der Waals surface area (Å²) in [5.74, 6) is 0.828. The van der Waals surface area contributed by atoms with Crippen molar-refractivity contribution in [3.05, 3.63) is 40.5 Å². The standard InChI is InChI=1S/C11H10BrNO/c1-2-10-7-11(14-13-10)8-3-5-9(12)6-4-8/h3-7H,2H2,1H3. The maximum atomic E-state index is 5.22. The van der Waals surface area contributed by atoms with E-state index in [1.54, 1.807) is 0 Å². The summed E-state index contributed by atoms with van der Waals surface area (Å²) in [6, 6.07) is 9.96. The lowest BCUT2D eigenvalue weighted by molar-refractivity contribution is 0.424.